The summed E-state index contributed by atoms with van der Waals surface area (Å²) in [4.78, 5) is 40.1. The minimum Gasteiger partial charge on any atom is -1.00 e. The van der Waals surface area contributed by atoms with Gasteiger partial charge in [-0.3, -0.25) is 19.7 Å². The molecule has 0 saturated heterocycles. The highest BCUT2D eigenvalue weighted by Gasteiger charge is 2.35. The number of carbonyl (C=O) groups excluding carboxylic acids is 2. The Morgan fingerprint density at radius 1 is 1.00 bits per heavy atom. The van der Waals surface area contributed by atoms with Gasteiger partial charge >= 0.3 is 0 Å². The van der Waals surface area contributed by atoms with Crippen LogP contribution >= 0.6 is 0 Å². The molecule has 8 heteroatoms. The van der Waals surface area contributed by atoms with Crippen molar-refractivity contribution in [3.63, 3.8) is 0 Å². The number of pyridine rings is 1. The van der Waals surface area contributed by atoms with Gasteiger partial charge in [0.2, 0.25) is 0 Å². The first-order valence-electron chi connectivity index (χ1n) is 7.14. The zero-order valence-electron chi connectivity index (χ0n) is 12.6. The van der Waals surface area contributed by atoms with Gasteiger partial charge in [-0.2, -0.15) is 0 Å². The maximum absolute atomic E-state index is 12.9. The molecule has 0 spiro atoms. The van der Waals surface area contributed by atoms with Crippen molar-refractivity contribution in [1.82, 2.24) is 0 Å². The van der Waals surface area contributed by atoms with Gasteiger partial charge in [-0.05, 0) is 17.5 Å². The number of anilines is 1. The lowest BCUT2D eigenvalue weighted by Gasteiger charge is -2.25. The lowest BCUT2D eigenvalue weighted by Crippen LogP contribution is -3.00. The maximum Gasteiger partial charge on any atom is 0.270 e. The van der Waals surface area contributed by atoms with Crippen LogP contribution in [0.2, 0.25) is 0 Å². The van der Waals surface area contributed by atoms with Gasteiger partial charge < -0.3 is 12.4 Å². The molecule has 0 radical (unpaired) electrons. The molecule has 1 aromatic heterocycles. The van der Waals surface area contributed by atoms with Gasteiger partial charge in [0.05, 0.1) is 10.5 Å². The largest absolute Gasteiger partial charge is 1.00 e. The van der Waals surface area contributed by atoms with Crippen LogP contribution in [0.4, 0.5) is 11.4 Å². The van der Waals surface area contributed by atoms with Crippen molar-refractivity contribution in [2.75, 3.05) is 4.90 Å². The molecular weight excluding hydrogens is 346 g/mol. The van der Waals surface area contributed by atoms with Gasteiger partial charge in [-0.15, -0.1) is 0 Å². The quantitative estimate of drug-likeness (QED) is 0.347. The number of amides is 2. The number of nitrogens with one attached hydrogen (secondary N) is 1. The van der Waals surface area contributed by atoms with E-state index in [0.717, 1.165) is 4.90 Å². The number of aromatic nitrogens is 1. The molecule has 0 saturated carbocycles. The second-order valence-electron chi connectivity index (χ2n) is 5.36. The number of hydrogen-bond acceptors (Lipinski definition) is 4. The fraction of sp³-hybridized carbons (Fsp3) is 0. The van der Waals surface area contributed by atoms with E-state index in [4.69, 9.17) is 0 Å². The van der Waals surface area contributed by atoms with Gasteiger partial charge in [0.15, 0.2) is 12.4 Å². The Morgan fingerprint density at radius 2 is 1.76 bits per heavy atom. The number of hydrogen-bond donors (Lipinski definition) is 0. The number of benzene rings is 2. The number of nitro benzene ring substituents is 1. The highest BCUT2D eigenvalue weighted by Crippen LogP contribution is 2.34. The molecule has 0 atom stereocenters. The predicted molar refractivity (Wildman–Crippen MR) is 84.7 cm³/mol. The van der Waals surface area contributed by atoms with E-state index in [-0.39, 0.29) is 23.7 Å². The zero-order chi connectivity index (χ0) is 16.8. The second kappa shape index (κ2) is 5.95. The van der Waals surface area contributed by atoms with Crippen molar-refractivity contribution in [3.05, 3.63) is 76.1 Å². The average Bonchev–Trinajstić information content (AvgIpc) is 2.60. The van der Waals surface area contributed by atoms with E-state index in [2.05, 4.69) is 4.98 Å². The minimum atomic E-state index is -0.577. The van der Waals surface area contributed by atoms with E-state index in [1.54, 1.807) is 36.5 Å². The molecule has 124 valence electrons. The Bertz CT molecular complexity index is 1040. The smallest absolute Gasteiger partial charge is 0.270 e. The van der Waals surface area contributed by atoms with Crippen molar-refractivity contribution >= 4 is 34.0 Å². The monoisotopic (exact) mass is 355 g/mol. The normalized spacial score (nSPS) is 12.9. The van der Waals surface area contributed by atoms with Crippen molar-refractivity contribution < 1.29 is 31.9 Å². The molecule has 1 N–H and O–H groups in total. The van der Waals surface area contributed by atoms with E-state index in [0.29, 0.717) is 22.0 Å². The summed E-state index contributed by atoms with van der Waals surface area (Å²) in [6, 6.07) is 10.8. The molecule has 2 amide bonds. The van der Waals surface area contributed by atoms with Crippen LogP contribution in [0.15, 0.2) is 54.9 Å². The van der Waals surface area contributed by atoms with Crippen LogP contribution in [0.3, 0.4) is 0 Å². The van der Waals surface area contributed by atoms with Crippen molar-refractivity contribution in [2.24, 2.45) is 0 Å². The van der Waals surface area contributed by atoms with Crippen LogP contribution in [0, 0.1) is 10.1 Å². The van der Waals surface area contributed by atoms with Gasteiger partial charge in [-0.1, -0.05) is 12.1 Å². The molecule has 2 heterocycles. The Hall–Kier alpha value is -3.32. The second-order valence-corrected chi connectivity index (χ2v) is 5.36. The number of nitro groups is 1. The molecule has 0 aliphatic carbocycles. The fourth-order valence-corrected chi connectivity index (χ4v) is 2.95. The van der Waals surface area contributed by atoms with Crippen LogP contribution in [0.25, 0.3) is 10.8 Å². The third kappa shape index (κ3) is 2.41. The fourth-order valence-electron chi connectivity index (χ4n) is 2.95. The van der Waals surface area contributed by atoms with Gasteiger partial charge in [-0.25, -0.2) is 9.88 Å². The van der Waals surface area contributed by atoms with E-state index < -0.39 is 16.7 Å². The number of H-pyrrole nitrogens is 1. The minimum absolute atomic E-state index is 0. The van der Waals surface area contributed by atoms with Crippen LogP contribution in [-0.4, -0.2) is 16.7 Å². The Kier molecular flexibility index (Phi) is 3.94. The summed E-state index contributed by atoms with van der Waals surface area (Å²) in [6.07, 6.45) is 3.18. The number of nitrogens with zero attached hydrogens (tertiary/aromatic N) is 2. The van der Waals surface area contributed by atoms with Crippen LogP contribution in [0.5, 0.6) is 0 Å². The van der Waals surface area contributed by atoms with Gasteiger partial charge in [0.1, 0.15) is 5.69 Å². The molecule has 3 aromatic rings. The lowest BCUT2D eigenvalue weighted by molar-refractivity contribution is -0.384. The highest BCUT2D eigenvalue weighted by molar-refractivity contribution is 6.35. The lowest BCUT2D eigenvalue weighted by atomic mass is 9.93. The van der Waals surface area contributed by atoms with Crippen LogP contribution in [0.1, 0.15) is 20.7 Å². The highest BCUT2D eigenvalue weighted by atomic mass is 35.5. The molecule has 1 aliphatic rings. The maximum atomic E-state index is 12.9. The Morgan fingerprint density at radius 3 is 2.44 bits per heavy atom. The Balaban J connectivity index is 0.00000182. The van der Waals surface area contributed by atoms with E-state index in [1.165, 1.54) is 18.3 Å². The van der Waals surface area contributed by atoms with Crippen LogP contribution < -0.4 is 22.3 Å². The molecule has 0 bridgehead atoms. The van der Waals surface area contributed by atoms with Gasteiger partial charge in [0, 0.05) is 29.1 Å². The number of carbonyl (C=O) groups is 2. The third-order valence-corrected chi connectivity index (χ3v) is 3.99. The first kappa shape index (κ1) is 16.5. The molecule has 25 heavy (non-hydrogen) atoms. The van der Waals surface area contributed by atoms with Gasteiger partial charge in [0.25, 0.3) is 17.5 Å². The number of halogens is 1. The average molecular weight is 356 g/mol. The standard InChI is InChI=1S/C17H9N3O4.ClH/c21-16-13-5-1-3-10-7-12(20(23)24)8-14(15(10)13)17(22)19(16)11-4-2-6-18-9-11;/h1-9H;1H. The number of rotatable bonds is 2. The molecule has 0 unspecified atom stereocenters. The molecule has 4 rings (SSSR count). The SMILES string of the molecule is O=C1c2cccc3cc([N+](=O)[O-])cc(c23)C(=O)N1c1ccc[nH+]c1.[Cl-]. The first-order valence-corrected chi connectivity index (χ1v) is 7.14. The summed E-state index contributed by atoms with van der Waals surface area (Å²) >= 11 is 0. The summed E-state index contributed by atoms with van der Waals surface area (Å²) in [5, 5.41) is 12.1. The summed E-state index contributed by atoms with van der Waals surface area (Å²) in [5.74, 6) is -1.03. The Labute approximate surface area is 147 Å². The molecule has 2 aromatic carbocycles. The molecule has 1 aliphatic heterocycles. The van der Waals surface area contributed by atoms with Crippen molar-refractivity contribution in [3.8, 4) is 0 Å². The number of non-ortho nitro benzene ring substituents is 1. The van der Waals surface area contributed by atoms with E-state index in [1.807, 2.05) is 0 Å². The summed E-state index contributed by atoms with van der Waals surface area (Å²) in [7, 11) is 0. The molecule has 7 nitrogen and oxygen atoms in total. The summed E-state index contributed by atoms with van der Waals surface area (Å²) in [5.41, 5.74) is 0.692. The first-order chi connectivity index (χ1) is 11.6. The predicted octanol–water partition coefficient (Wildman–Crippen LogP) is -0.633. The van der Waals surface area contributed by atoms with Crippen molar-refractivity contribution in [1.29, 1.82) is 0 Å². The topological polar surface area (TPSA) is 94.7 Å². The number of imide groups is 1. The van der Waals surface area contributed by atoms with Crippen molar-refractivity contribution in [2.45, 2.75) is 0 Å². The third-order valence-electron chi connectivity index (χ3n) is 3.99. The summed E-state index contributed by atoms with van der Waals surface area (Å²) in [6.45, 7) is 0. The zero-order valence-corrected chi connectivity index (χ0v) is 13.4. The van der Waals surface area contributed by atoms with Crippen LogP contribution in [-0.2, 0) is 0 Å². The molecule has 0 fully saturated rings. The summed E-state index contributed by atoms with van der Waals surface area (Å²) < 4.78 is 0. The van der Waals surface area contributed by atoms with E-state index in [9.17, 15) is 19.7 Å². The molecular formula is C17H10ClN3O4. The van der Waals surface area contributed by atoms with E-state index >= 15 is 0 Å². The number of aromatic amines is 1.